The molecule has 0 radical (unpaired) electrons. The molecule has 0 bridgehead atoms. The molecule has 0 amide bonds. The van der Waals surface area contributed by atoms with Crippen molar-refractivity contribution in [3.8, 4) is 11.5 Å². The second-order valence-electron chi connectivity index (χ2n) is 4.19. The Morgan fingerprint density at radius 1 is 1.33 bits per heavy atom. The summed E-state index contributed by atoms with van der Waals surface area (Å²) in [5.74, 6) is 1.29. The van der Waals surface area contributed by atoms with Gasteiger partial charge in [-0.15, -0.1) is 0 Å². The number of alkyl halides is 1. The van der Waals surface area contributed by atoms with Crippen LogP contribution in [0.15, 0.2) is 12.1 Å². The molecule has 100 valence electrons. The fourth-order valence-electron chi connectivity index (χ4n) is 1.94. The summed E-state index contributed by atoms with van der Waals surface area (Å²) in [6, 6.07) is 3.54. The third-order valence-corrected chi connectivity index (χ3v) is 2.84. The fourth-order valence-corrected chi connectivity index (χ4v) is 1.94. The number of hydrogen-bond acceptors (Lipinski definition) is 4. The second kappa shape index (κ2) is 6.02. The maximum Gasteiger partial charge on any atom is 0.161 e. The molecule has 0 spiro atoms. The van der Waals surface area contributed by atoms with Crippen LogP contribution < -0.4 is 15.0 Å². The molecule has 0 saturated heterocycles. The van der Waals surface area contributed by atoms with Gasteiger partial charge in [-0.1, -0.05) is 0 Å². The number of rotatable bonds is 4. The molecule has 1 heterocycles. The molecule has 0 fully saturated rings. The van der Waals surface area contributed by atoms with E-state index in [0.29, 0.717) is 36.8 Å². The van der Waals surface area contributed by atoms with E-state index in [1.165, 1.54) is 14.0 Å². The molecule has 4 nitrogen and oxygen atoms in total. The molecule has 1 unspecified atom stereocenters. The van der Waals surface area contributed by atoms with Crippen LogP contribution in [0.25, 0.3) is 0 Å². The lowest BCUT2D eigenvalue weighted by molar-refractivity contribution is 0.0862. The lowest BCUT2D eigenvalue weighted by Crippen LogP contribution is -2.13. The summed E-state index contributed by atoms with van der Waals surface area (Å²) in [4.78, 5) is 4.80. The van der Waals surface area contributed by atoms with E-state index in [2.05, 4.69) is 5.48 Å². The van der Waals surface area contributed by atoms with Gasteiger partial charge in [-0.25, -0.2) is 4.39 Å². The standard InChI is InChI=1S/C13H18FNO3/c1-9(14)11-7-13-12(17-4-3-5-18-13)6-10(11)8-15-16-2/h6-7,9,15H,3-5,8H2,1-2H3. The summed E-state index contributed by atoms with van der Waals surface area (Å²) < 4.78 is 24.8. The van der Waals surface area contributed by atoms with E-state index in [1.807, 2.05) is 6.07 Å². The zero-order valence-electron chi connectivity index (χ0n) is 10.7. The molecule has 1 atom stereocenters. The van der Waals surface area contributed by atoms with Crippen LogP contribution in [0, 0.1) is 0 Å². The van der Waals surface area contributed by atoms with Crippen LogP contribution in [0.1, 0.15) is 30.6 Å². The fraction of sp³-hybridized carbons (Fsp3) is 0.538. The van der Waals surface area contributed by atoms with Crippen molar-refractivity contribution < 1.29 is 18.7 Å². The number of hydroxylamine groups is 1. The van der Waals surface area contributed by atoms with Crippen molar-refractivity contribution in [2.45, 2.75) is 26.1 Å². The van der Waals surface area contributed by atoms with E-state index in [0.717, 1.165) is 12.0 Å². The number of fused-ring (bicyclic) bond motifs is 1. The average molecular weight is 255 g/mol. The minimum atomic E-state index is -1.06. The number of nitrogens with one attached hydrogen (secondary N) is 1. The molecule has 2 rings (SSSR count). The molecular formula is C13H18FNO3. The number of halogens is 1. The Morgan fingerprint density at radius 3 is 2.61 bits per heavy atom. The van der Waals surface area contributed by atoms with Crippen LogP contribution in [0.2, 0.25) is 0 Å². The highest BCUT2D eigenvalue weighted by molar-refractivity contribution is 5.48. The molecule has 0 aromatic heterocycles. The highest BCUT2D eigenvalue weighted by atomic mass is 19.1. The Labute approximate surface area is 106 Å². The molecule has 5 heteroatoms. The van der Waals surface area contributed by atoms with E-state index < -0.39 is 6.17 Å². The summed E-state index contributed by atoms with van der Waals surface area (Å²) >= 11 is 0. The monoisotopic (exact) mass is 255 g/mol. The summed E-state index contributed by atoms with van der Waals surface area (Å²) in [7, 11) is 1.53. The van der Waals surface area contributed by atoms with E-state index >= 15 is 0 Å². The average Bonchev–Trinajstić information content (AvgIpc) is 2.59. The molecule has 1 aliphatic heterocycles. The summed E-state index contributed by atoms with van der Waals surface area (Å²) in [6.07, 6.45) is -0.225. The molecule has 0 aliphatic carbocycles. The largest absolute Gasteiger partial charge is 0.490 e. The van der Waals surface area contributed by atoms with Crippen molar-refractivity contribution in [2.24, 2.45) is 0 Å². The van der Waals surface area contributed by atoms with Gasteiger partial charge >= 0.3 is 0 Å². The number of ether oxygens (including phenoxy) is 2. The van der Waals surface area contributed by atoms with Crippen LogP contribution in [0.4, 0.5) is 4.39 Å². The minimum absolute atomic E-state index is 0.427. The van der Waals surface area contributed by atoms with Crippen molar-refractivity contribution in [2.75, 3.05) is 20.3 Å². The third kappa shape index (κ3) is 2.91. The van der Waals surface area contributed by atoms with Crippen molar-refractivity contribution >= 4 is 0 Å². The molecule has 1 aromatic carbocycles. The van der Waals surface area contributed by atoms with Crippen LogP contribution in [0.3, 0.4) is 0 Å². The summed E-state index contributed by atoms with van der Waals surface area (Å²) in [6.45, 7) is 3.16. The first-order valence-corrected chi connectivity index (χ1v) is 6.04. The van der Waals surface area contributed by atoms with Gasteiger partial charge in [-0.2, -0.15) is 5.48 Å². The minimum Gasteiger partial charge on any atom is -0.490 e. The van der Waals surface area contributed by atoms with Crippen LogP contribution in [-0.4, -0.2) is 20.3 Å². The van der Waals surface area contributed by atoms with Crippen LogP contribution in [0.5, 0.6) is 11.5 Å². The van der Waals surface area contributed by atoms with Crippen LogP contribution in [-0.2, 0) is 11.4 Å². The van der Waals surface area contributed by atoms with Gasteiger partial charge in [0.1, 0.15) is 6.17 Å². The first-order valence-electron chi connectivity index (χ1n) is 6.04. The molecule has 18 heavy (non-hydrogen) atoms. The van der Waals surface area contributed by atoms with Crippen molar-refractivity contribution in [3.05, 3.63) is 23.3 Å². The Hall–Kier alpha value is -1.33. The van der Waals surface area contributed by atoms with Crippen molar-refractivity contribution in [1.82, 2.24) is 5.48 Å². The smallest absolute Gasteiger partial charge is 0.161 e. The first kappa shape index (κ1) is 13.1. The first-order chi connectivity index (χ1) is 8.72. The lowest BCUT2D eigenvalue weighted by atomic mass is 10.0. The van der Waals surface area contributed by atoms with Gasteiger partial charge in [0.2, 0.25) is 0 Å². The van der Waals surface area contributed by atoms with Gasteiger partial charge in [0.25, 0.3) is 0 Å². The predicted molar refractivity (Wildman–Crippen MR) is 65.4 cm³/mol. The quantitative estimate of drug-likeness (QED) is 0.839. The van der Waals surface area contributed by atoms with Gasteiger partial charge in [-0.3, -0.25) is 0 Å². The van der Waals surface area contributed by atoms with Crippen LogP contribution >= 0.6 is 0 Å². The molecular weight excluding hydrogens is 237 g/mol. The van der Waals surface area contributed by atoms with Gasteiger partial charge in [0, 0.05) is 13.0 Å². The Kier molecular flexibility index (Phi) is 4.38. The normalized spacial score (nSPS) is 16.2. The van der Waals surface area contributed by atoms with E-state index in [1.54, 1.807) is 6.07 Å². The van der Waals surface area contributed by atoms with E-state index in [-0.39, 0.29) is 0 Å². The second-order valence-corrected chi connectivity index (χ2v) is 4.19. The highest BCUT2D eigenvalue weighted by Gasteiger charge is 2.17. The third-order valence-electron chi connectivity index (χ3n) is 2.84. The van der Waals surface area contributed by atoms with Gasteiger partial charge in [0.15, 0.2) is 11.5 Å². The Bertz CT molecular complexity index is 409. The topological polar surface area (TPSA) is 39.7 Å². The Morgan fingerprint density at radius 2 is 2.00 bits per heavy atom. The maximum atomic E-state index is 13.6. The molecule has 1 N–H and O–H groups in total. The summed E-state index contributed by atoms with van der Waals surface area (Å²) in [5, 5.41) is 0. The van der Waals surface area contributed by atoms with E-state index in [4.69, 9.17) is 14.3 Å². The van der Waals surface area contributed by atoms with Gasteiger partial charge in [0.05, 0.1) is 20.3 Å². The Balaban J connectivity index is 2.34. The molecule has 0 saturated carbocycles. The molecule has 1 aromatic rings. The van der Waals surface area contributed by atoms with E-state index in [9.17, 15) is 4.39 Å². The van der Waals surface area contributed by atoms with Gasteiger partial charge in [-0.05, 0) is 30.2 Å². The lowest BCUT2D eigenvalue weighted by Gasteiger charge is -2.15. The highest BCUT2D eigenvalue weighted by Crippen LogP contribution is 2.36. The predicted octanol–water partition coefficient (Wildman–Crippen LogP) is 2.53. The number of hydrogen-bond donors (Lipinski definition) is 1. The summed E-state index contributed by atoms with van der Waals surface area (Å²) in [5.41, 5.74) is 4.14. The maximum absolute atomic E-state index is 13.6. The molecule has 1 aliphatic rings. The zero-order chi connectivity index (χ0) is 13.0. The van der Waals surface area contributed by atoms with Gasteiger partial charge < -0.3 is 14.3 Å². The van der Waals surface area contributed by atoms with Crippen molar-refractivity contribution in [1.29, 1.82) is 0 Å². The zero-order valence-corrected chi connectivity index (χ0v) is 10.7. The SMILES string of the molecule is CONCc1cc2c(cc1C(C)F)OCCCO2. The van der Waals surface area contributed by atoms with Crippen molar-refractivity contribution in [3.63, 3.8) is 0 Å². The number of benzene rings is 1.